The number of nitrogens with zero attached hydrogens (tertiary/aromatic N) is 1. The zero-order valence-electron chi connectivity index (χ0n) is 7.13. The van der Waals surface area contributed by atoms with Crippen LogP contribution in [0.4, 0.5) is 0 Å². The number of methoxy groups -OCH3 is 1. The molecule has 6 heteroatoms. The number of hydrogen-bond acceptors (Lipinski definition) is 3. The zero-order chi connectivity index (χ0) is 10.7. The van der Waals surface area contributed by atoms with Crippen LogP contribution in [0.25, 0.3) is 0 Å². The van der Waals surface area contributed by atoms with E-state index in [1.165, 1.54) is 13.3 Å². The second kappa shape index (κ2) is 5.09. The molecule has 0 amide bonds. The van der Waals surface area contributed by atoms with Gasteiger partial charge in [0.15, 0.2) is 0 Å². The molecule has 1 aromatic rings. The van der Waals surface area contributed by atoms with Gasteiger partial charge in [0.05, 0.1) is 12.1 Å². The molecular formula is C8H6Br2ClNO2. The summed E-state index contributed by atoms with van der Waals surface area (Å²) in [5.41, 5.74) is 0.619. The average Bonchev–Trinajstić information content (AvgIpc) is 2.16. The molecule has 0 N–H and O–H groups in total. The lowest BCUT2D eigenvalue weighted by atomic mass is 10.2. The fourth-order valence-electron chi connectivity index (χ4n) is 0.885. The minimum Gasteiger partial charge on any atom is -0.468 e. The van der Waals surface area contributed by atoms with Crippen LogP contribution in [0.5, 0.6) is 0 Å². The van der Waals surface area contributed by atoms with Crippen molar-refractivity contribution in [2.45, 2.75) is 4.83 Å². The number of carbonyl (C=O) groups is 1. The summed E-state index contributed by atoms with van der Waals surface area (Å²) in [4.78, 5) is 14.5. The number of carbonyl (C=O) groups excluding carboxylic acids is 1. The molecule has 14 heavy (non-hydrogen) atoms. The van der Waals surface area contributed by atoms with Gasteiger partial charge in [0, 0.05) is 22.4 Å². The van der Waals surface area contributed by atoms with Gasteiger partial charge in [-0.2, -0.15) is 0 Å². The van der Waals surface area contributed by atoms with E-state index in [0.717, 1.165) is 0 Å². The maximum atomic E-state index is 11.2. The first-order chi connectivity index (χ1) is 6.57. The van der Waals surface area contributed by atoms with Crippen molar-refractivity contribution in [1.29, 1.82) is 0 Å². The number of ether oxygens (including phenoxy) is 1. The predicted molar refractivity (Wildman–Crippen MR) is 60.6 cm³/mol. The highest BCUT2D eigenvalue weighted by molar-refractivity contribution is 9.11. The van der Waals surface area contributed by atoms with E-state index >= 15 is 0 Å². The molecule has 0 aliphatic rings. The normalized spacial score (nSPS) is 12.3. The van der Waals surface area contributed by atoms with E-state index in [0.29, 0.717) is 15.1 Å². The number of halogens is 3. The van der Waals surface area contributed by atoms with Gasteiger partial charge >= 0.3 is 5.97 Å². The van der Waals surface area contributed by atoms with Gasteiger partial charge in [-0.1, -0.05) is 27.5 Å². The Morgan fingerprint density at radius 1 is 1.64 bits per heavy atom. The van der Waals surface area contributed by atoms with Gasteiger partial charge in [-0.15, -0.1) is 0 Å². The molecule has 1 rings (SSSR count). The van der Waals surface area contributed by atoms with E-state index in [2.05, 4.69) is 41.6 Å². The topological polar surface area (TPSA) is 39.2 Å². The third-order valence-electron chi connectivity index (χ3n) is 1.55. The second-order valence-corrected chi connectivity index (χ2v) is 4.58. The molecule has 1 atom stereocenters. The van der Waals surface area contributed by atoms with Crippen molar-refractivity contribution in [2.24, 2.45) is 0 Å². The van der Waals surface area contributed by atoms with Gasteiger partial charge in [-0.25, -0.2) is 0 Å². The van der Waals surface area contributed by atoms with E-state index in [4.69, 9.17) is 11.6 Å². The first-order valence-corrected chi connectivity index (χ1v) is 5.67. The summed E-state index contributed by atoms with van der Waals surface area (Å²) in [7, 11) is 1.32. The van der Waals surface area contributed by atoms with Crippen molar-refractivity contribution < 1.29 is 9.53 Å². The Balaban J connectivity index is 3.11. The predicted octanol–water partition coefficient (Wildman–Crippen LogP) is 3.11. The number of hydrogen-bond donors (Lipinski definition) is 0. The highest BCUT2D eigenvalue weighted by atomic mass is 79.9. The Morgan fingerprint density at radius 3 is 2.79 bits per heavy atom. The van der Waals surface area contributed by atoms with Crippen molar-refractivity contribution in [3.8, 4) is 0 Å². The summed E-state index contributed by atoms with van der Waals surface area (Å²) in [5, 5.41) is 0.409. The monoisotopic (exact) mass is 341 g/mol. The lowest BCUT2D eigenvalue weighted by molar-refractivity contribution is -0.139. The van der Waals surface area contributed by atoms with Crippen molar-refractivity contribution in [3.63, 3.8) is 0 Å². The summed E-state index contributed by atoms with van der Waals surface area (Å²) in [6.07, 6.45) is 3.04. The number of rotatable bonds is 2. The van der Waals surface area contributed by atoms with Gasteiger partial charge < -0.3 is 4.74 Å². The molecule has 0 saturated heterocycles. The Hall–Kier alpha value is -0.130. The lowest BCUT2D eigenvalue weighted by Crippen LogP contribution is -2.09. The summed E-state index contributed by atoms with van der Waals surface area (Å²) >= 11 is 12.4. The van der Waals surface area contributed by atoms with Gasteiger partial charge in [0.2, 0.25) is 0 Å². The molecule has 0 aromatic carbocycles. The highest BCUT2D eigenvalue weighted by Gasteiger charge is 2.23. The fourth-order valence-corrected chi connectivity index (χ4v) is 2.95. The molecule has 0 aliphatic carbocycles. The Morgan fingerprint density at radius 2 is 2.29 bits per heavy atom. The van der Waals surface area contributed by atoms with Crippen molar-refractivity contribution in [1.82, 2.24) is 4.98 Å². The maximum absolute atomic E-state index is 11.2. The summed E-state index contributed by atoms with van der Waals surface area (Å²) in [5.74, 6) is -0.404. The van der Waals surface area contributed by atoms with Crippen LogP contribution in [0.2, 0.25) is 5.02 Å². The molecule has 0 saturated carbocycles. The van der Waals surface area contributed by atoms with E-state index in [9.17, 15) is 4.79 Å². The Kier molecular flexibility index (Phi) is 4.34. The minimum absolute atomic E-state index is 0.404. The van der Waals surface area contributed by atoms with Crippen LogP contribution < -0.4 is 0 Å². The SMILES string of the molecule is COC(=O)C(Br)c1c(Cl)cncc1Br. The highest BCUT2D eigenvalue weighted by Crippen LogP contribution is 2.35. The number of aromatic nitrogens is 1. The van der Waals surface area contributed by atoms with Crippen molar-refractivity contribution >= 4 is 49.4 Å². The van der Waals surface area contributed by atoms with Crippen LogP contribution in [0.1, 0.15) is 10.4 Å². The van der Waals surface area contributed by atoms with E-state index in [1.54, 1.807) is 6.20 Å². The molecule has 0 radical (unpaired) electrons. The number of pyridine rings is 1. The smallest absolute Gasteiger partial charge is 0.324 e. The number of esters is 1. The van der Waals surface area contributed by atoms with Crippen molar-refractivity contribution in [2.75, 3.05) is 7.11 Å². The average molecular weight is 343 g/mol. The van der Waals surface area contributed by atoms with Gasteiger partial charge in [0.1, 0.15) is 4.83 Å². The molecule has 0 spiro atoms. The molecule has 0 fully saturated rings. The molecule has 1 heterocycles. The van der Waals surface area contributed by atoms with Crippen LogP contribution in [-0.4, -0.2) is 18.1 Å². The largest absolute Gasteiger partial charge is 0.468 e. The van der Waals surface area contributed by atoms with Crippen LogP contribution in [0, 0.1) is 0 Å². The van der Waals surface area contributed by atoms with Crippen molar-refractivity contribution in [3.05, 3.63) is 27.5 Å². The number of alkyl halides is 1. The van der Waals surface area contributed by atoms with E-state index in [-0.39, 0.29) is 0 Å². The molecule has 0 aliphatic heterocycles. The quantitative estimate of drug-likeness (QED) is 0.612. The molecule has 1 unspecified atom stereocenters. The molecule has 3 nitrogen and oxygen atoms in total. The van der Waals surface area contributed by atoms with Gasteiger partial charge in [-0.05, 0) is 15.9 Å². The summed E-state index contributed by atoms with van der Waals surface area (Å²) in [6.45, 7) is 0. The van der Waals surface area contributed by atoms with Crippen LogP contribution >= 0.6 is 43.5 Å². The Labute approximate surface area is 103 Å². The third-order valence-corrected chi connectivity index (χ3v) is 3.32. The second-order valence-electron chi connectivity index (χ2n) is 2.40. The molecule has 1 aromatic heterocycles. The standard InChI is InChI=1S/C8H6Br2ClNO2/c1-14-8(13)7(10)6-4(9)2-12-3-5(6)11/h2-3,7H,1H3. The Bertz CT molecular complexity index is 339. The molecular weight excluding hydrogens is 337 g/mol. The van der Waals surface area contributed by atoms with Crippen LogP contribution in [0.15, 0.2) is 16.9 Å². The maximum Gasteiger partial charge on any atom is 0.324 e. The van der Waals surface area contributed by atoms with Crippen LogP contribution in [-0.2, 0) is 9.53 Å². The van der Waals surface area contributed by atoms with Crippen LogP contribution in [0.3, 0.4) is 0 Å². The van der Waals surface area contributed by atoms with E-state index < -0.39 is 10.8 Å². The fraction of sp³-hybridized carbons (Fsp3) is 0.250. The summed E-state index contributed by atoms with van der Waals surface area (Å²) < 4.78 is 5.25. The van der Waals surface area contributed by atoms with E-state index in [1.807, 2.05) is 0 Å². The lowest BCUT2D eigenvalue weighted by Gasteiger charge is -2.10. The zero-order valence-corrected chi connectivity index (χ0v) is 11.1. The van der Waals surface area contributed by atoms with Gasteiger partial charge in [-0.3, -0.25) is 9.78 Å². The minimum atomic E-state index is -0.586. The first-order valence-electron chi connectivity index (χ1n) is 3.58. The summed E-state index contributed by atoms with van der Waals surface area (Å²) in [6, 6.07) is 0. The third kappa shape index (κ3) is 2.46. The van der Waals surface area contributed by atoms with Gasteiger partial charge in [0.25, 0.3) is 0 Å². The molecule has 76 valence electrons. The molecule has 0 bridgehead atoms. The first kappa shape index (κ1) is 11.9.